The van der Waals surface area contributed by atoms with Gasteiger partial charge in [0.15, 0.2) is 0 Å². The third-order valence-electron chi connectivity index (χ3n) is 13.9. The van der Waals surface area contributed by atoms with Crippen LogP contribution in [0, 0.1) is 0 Å². The van der Waals surface area contributed by atoms with Crippen LogP contribution in [0.1, 0.15) is 0 Å². The minimum atomic E-state index is -0.0325. The van der Waals surface area contributed by atoms with Crippen molar-refractivity contribution in [2.45, 2.75) is 0 Å². The third-order valence-corrected chi connectivity index (χ3v) is 13.9. The first-order chi connectivity index (χ1) is 29.8. The van der Waals surface area contributed by atoms with Gasteiger partial charge >= 0.3 is 0 Å². The van der Waals surface area contributed by atoms with Gasteiger partial charge in [-0.05, 0) is 97.2 Å². The van der Waals surface area contributed by atoms with Crippen molar-refractivity contribution in [1.29, 1.82) is 0 Å². The second-order valence-electron chi connectivity index (χ2n) is 16.7. The van der Waals surface area contributed by atoms with Crippen LogP contribution in [0.2, 0.25) is 0 Å². The lowest BCUT2D eigenvalue weighted by Crippen LogP contribution is -2.65. The van der Waals surface area contributed by atoms with Crippen LogP contribution in [-0.2, 0) is 0 Å². The number of nitrogens with zero attached hydrogens (tertiary/aromatic N) is 3. The molecule has 0 atom stereocenters. The molecule has 274 valence electrons. The molecule has 60 heavy (non-hydrogen) atoms. The summed E-state index contributed by atoms with van der Waals surface area (Å²) in [5.41, 5.74) is 15.1. The van der Waals surface area contributed by atoms with Gasteiger partial charge in [-0.3, -0.25) is 0 Å². The lowest BCUT2D eigenvalue weighted by Gasteiger charge is -2.50. The zero-order valence-electron chi connectivity index (χ0n) is 32.4. The monoisotopic (exact) mass is 757 g/mol. The number of anilines is 9. The summed E-state index contributed by atoms with van der Waals surface area (Å²) in [6.45, 7) is -0.0325. The van der Waals surface area contributed by atoms with Crippen molar-refractivity contribution in [3.63, 3.8) is 0 Å². The quantitative estimate of drug-likeness (QED) is 0.131. The van der Waals surface area contributed by atoms with E-state index in [1.54, 1.807) is 0 Å². The molecule has 0 saturated heterocycles. The molecule has 0 radical (unpaired) electrons. The van der Waals surface area contributed by atoms with Crippen molar-refractivity contribution < 1.29 is 0 Å². The molecule has 0 unspecified atom stereocenters. The Hall–Kier alpha value is -7.82. The normalized spacial score (nSPS) is 13.9. The summed E-state index contributed by atoms with van der Waals surface area (Å²) < 4.78 is 0. The Kier molecular flexibility index (Phi) is 5.73. The van der Waals surface area contributed by atoms with E-state index in [1.807, 2.05) is 0 Å². The summed E-state index contributed by atoms with van der Waals surface area (Å²) in [6, 6.07) is 72.9. The number of hydrogen-bond acceptors (Lipinski definition) is 3. The first-order valence-corrected chi connectivity index (χ1v) is 21.0. The SMILES string of the molecule is c1ccc(N2c3cccc4c3B3c5c2c2ccc6cccc7ccc(c5N(c5ccccc5)c5c3c(c3ccc8cccc9ccc5c3c89)N4c3ccccc3)c2c67)cc1. The first kappa shape index (κ1) is 31.2. The summed E-state index contributed by atoms with van der Waals surface area (Å²) >= 11 is 0. The van der Waals surface area contributed by atoms with Gasteiger partial charge in [0.2, 0.25) is 0 Å². The van der Waals surface area contributed by atoms with Crippen LogP contribution in [-0.4, -0.2) is 6.71 Å². The van der Waals surface area contributed by atoms with E-state index in [1.165, 1.54) is 115 Å². The molecule has 0 N–H and O–H groups in total. The van der Waals surface area contributed by atoms with E-state index < -0.39 is 0 Å². The summed E-state index contributed by atoms with van der Waals surface area (Å²) in [6.07, 6.45) is 0. The van der Waals surface area contributed by atoms with E-state index >= 15 is 0 Å². The number of fused-ring (bicyclic) bond motifs is 4. The highest BCUT2D eigenvalue weighted by Crippen LogP contribution is 2.57. The zero-order valence-corrected chi connectivity index (χ0v) is 32.4. The van der Waals surface area contributed by atoms with Crippen LogP contribution in [0.5, 0.6) is 0 Å². The predicted octanol–water partition coefficient (Wildman–Crippen LogP) is 13.3. The van der Waals surface area contributed by atoms with E-state index in [2.05, 4.69) is 209 Å². The second-order valence-corrected chi connectivity index (χ2v) is 16.7. The Morgan fingerprint density at radius 3 is 0.967 bits per heavy atom. The Morgan fingerprint density at radius 2 is 0.583 bits per heavy atom. The highest BCUT2D eigenvalue weighted by Gasteiger charge is 2.51. The molecule has 3 aliphatic rings. The highest BCUT2D eigenvalue weighted by molar-refractivity contribution is 7.03. The van der Waals surface area contributed by atoms with Gasteiger partial charge in [0.1, 0.15) is 0 Å². The van der Waals surface area contributed by atoms with Gasteiger partial charge in [-0.15, -0.1) is 0 Å². The molecule has 12 aromatic carbocycles. The van der Waals surface area contributed by atoms with Gasteiger partial charge < -0.3 is 14.7 Å². The molecule has 0 aliphatic carbocycles. The Balaban J connectivity index is 1.25. The largest absolute Gasteiger partial charge is 0.311 e. The van der Waals surface area contributed by atoms with E-state index in [-0.39, 0.29) is 6.71 Å². The Morgan fingerprint density at radius 1 is 0.250 bits per heavy atom. The maximum atomic E-state index is 2.66. The van der Waals surface area contributed by atoms with E-state index in [9.17, 15) is 0 Å². The molecule has 12 aromatic rings. The van der Waals surface area contributed by atoms with Crippen LogP contribution < -0.4 is 31.1 Å². The minimum Gasteiger partial charge on any atom is -0.311 e. The molecule has 0 amide bonds. The van der Waals surface area contributed by atoms with Crippen molar-refractivity contribution in [2.24, 2.45) is 0 Å². The second kappa shape index (κ2) is 11.0. The van der Waals surface area contributed by atoms with Gasteiger partial charge in [-0.2, -0.15) is 0 Å². The fourth-order valence-corrected chi connectivity index (χ4v) is 11.8. The van der Waals surface area contributed by atoms with E-state index in [4.69, 9.17) is 0 Å². The van der Waals surface area contributed by atoms with Gasteiger partial charge in [-0.25, -0.2) is 0 Å². The molecule has 3 nitrogen and oxygen atoms in total. The maximum Gasteiger partial charge on any atom is 0.257 e. The van der Waals surface area contributed by atoms with Crippen LogP contribution in [0.4, 0.5) is 51.2 Å². The standard InChI is InChI=1S/C56H32BN3/c1-4-17-37(18-5-1)58-44-23-12-24-45-50(44)57-51-53(58)40-29-25-33-13-10-15-35-27-31-42(48(40)46(33)35)55(51)60(39-21-8-3-9-22-39)56-43-32-28-36-16-11-14-34-26-30-41(49(43)47(34)36)54(52(56)57)59(45)38-19-6-2-7-20-38/h1-32H. The zero-order chi connectivity index (χ0) is 38.8. The molecule has 0 spiro atoms. The lowest BCUT2D eigenvalue weighted by atomic mass is 9.31. The van der Waals surface area contributed by atoms with Crippen molar-refractivity contribution in [3.05, 3.63) is 194 Å². The van der Waals surface area contributed by atoms with Crippen molar-refractivity contribution in [3.8, 4) is 0 Å². The number of hydrogen-bond donors (Lipinski definition) is 0. The summed E-state index contributed by atoms with van der Waals surface area (Å²) in [4.78, 5) is 7.84. The van der Waals surface area contributed by atoms with Crippen LogP contribution in [0.15, 0.2) is 194 Å². The van der Waals surface area contributed by atoms with E-state index in [0.29, 0.717) is 0 Å². The molecule has 0 aromatic heterocycles. The molecule has 15 rings (SSSR count). The van der Waals surface area contributed by atoms with Gasteiger partial charge in [0.25, 0.3) is 6.71 Å². The smallest absolute Gasteiger partial charge is 0.257 e. The fraction of sp³-hybridized carbons (Fsp3) is 0. The Bertz CT molecular complexity index is 3530. The summed E-state index contributed by atoms with van der Waals surface area (Å²) in [5.74, 6) is 0. The fourth-order valence-electron chi connectivity index (χ4n) is 11.8. The Labute approximate surface area is 346 Å². The number of rotatable bonds is 3. The summed E-state index contributed by atoms with van der Waals surface area (Å²) in [7, 11) is 0. The highest BCUT2D eigenvalue weighted by atomic mass is 15.2. The van der Waals surface area contributed by atoms with Crippen LogP contribution in [0.25, 0.3) is 64.6 Å². The van der Waals surface area contributed by atoms with E-state index in [0.717, 1.165) is 17.1 Å². The number of para-hydroxylation sites is 3. The van der Waals surface area contributed by atoms with Crippen LogP contribution in [0.3, 0.4) is 0 Å². The molecule has 0 saturated carbocycles. The topological polar surface area (TPSA) is 9.72 Å². The maximum absolute atomic E-state index is 2.66. The predicted molar refractivity (Wildman–Crippen MR) is 256 cm³/mol. The average molecular weight is 758 g/mol. The number of benzene rings is 12. The molecule has 0 bridgehead atoms. The first-order valence-electron chi connectivity index (χ1n) is 21.0. The van der Waals surface area contributed by atoms with Gasteiger partial charge in [-0.1, -0.05) is 146 Å². The van der Waals surface area contributed by atoms with Gasteiger partial charge in [0.05, 0.1) is 22.7 Å². The molecular weight excluding hydrogens is 725 g/mol. The van der Waals surface area contributed by atoms with Crippen LogP contribution >= 0.6 is 0 Å². The molecular formula is C56H32BN3. The van der Waals surface area contributed by atoms with Crippen molar-refractivity contribution in [2.75, 3.05) is 14.7 Å². The lowest BCUT2D eigenvalue weighted by molar-refractivity contribution is 1.24. The van der Waals surface area contributed by atoms with Crippen molar-refractivity contribution in [1.82, 2.24) is 0 Å². The molecule has 0 fully saturated rings. The molecule has 4 heteroatoms. The van der Waals surface area contributed by atoms with Crippen molar-refractivity contribution >= 4 is 139 Å². The minimum absolute atomic E-state index is 0.0325. The third kappa shape index (κ3) is 3.66. The molecule has 3 aliphatic heterocycles. The summed E-state index contributed by atoms with van der Waals surface area (Å²) in [5, 5.41) is 15.5. The molecule has 3 heterocycles. The average Bonchev–Trinajstić information content (AvgIpc) is 3.31. The van der Waals surface area contributed by atoms with Gasteiger partial charge in [0, 0.05) is 60.8 Å².